The first-order valence-corrected chi connectivity index (χ1v) is 6.97. The zero-order valence-electron chi connectivity index (χ0n) is 10.2. The Hall–Kier alpha value is -1.62. The lowest BCUT2D eigenvalue weighted by Gasteiger charge is -2.36. The first-order chi connectivity index (χ1) is 9.13. The molecule has 0 unspecified atom stereocenters. The van der Waals surface area contributed by atoms with Crippen molar-refractivity contribution < 1.29 is 9.90 Å². The summed E-state index contributed by atoms with van der Waals surface area (Å²) in [6.45, 7) is 0. The molecule has 0 bridgehead atoms. The van der Waals surface area contributed by atoms with E-state index >= 15 is 0 Å². The fourth-order valence-corrected chi connectivity index (χ4v) is 3.13. The van der Waals surface area contributed by atoms with Gasteiger partial charge in [-0.15, -0.1) is 0 Å². The van der Waals surface area contributed by atoms with Crippen molar-refractivity contribution in [3.63, 3.8) is 0 Å². The molecule has 1 aromatic heterocycles. The van der Waals surface area contributed by atoms with Crippen molar-refractivity contribution >= 4 is 21.9 Å². The summed E-state index contributed by atoms with van der Waals surface area (Å²) in [5.41, 5.74) is 0.753. The summed E-state index contributed by atoms with van der Waals surface area (Å²) in [7, 11) is 0. The molecule has 0 spiro atoms. The maximum Gasteiger partial charge on any atom is 0.315 e. The second-order valence-corrected chi connectivity index (χ2v) is 5.70. The third-order valence-electron chi connectivity index (χ3n) is 3.76. The molecular weight excluding hydrogens is 308 g/mol. The number of rotatable bonds is 3. The van der Waals surface area contributed by atoms with E-state index in [4.69, 9.17) is 0 Å². The molecule has 0 amide bonds. The van der Waals surface area contributed by atoms with E-state index in [-0.39, 0.29) is 0 Å². The van der Waals surface area contributed by atoms with E-state index in [1.54, 1.807) is 4.68 Å². The second-order valence-electron chi connectivity index (χ2n) is 4.85. The minimum Gasteiger partial charge on any atom is -0.481 e. The van der Waals surface area contributed by atoms with Gasteiger partial charge >= 0.3 is 5.97 Å². The molecule has 0 saturated heterocycles. The van der Waals surface area contributed by atoms with Crippen LogP contribution in [0.3, 0.4) is 0 Å². The number of aliphatic carboxylic acids is 1. The monoisotopic (exact) mass is 320 g/mol. The molecule has 0 atom stereocenters. The topological polar surface area (TPSA) is 55.1 Å². The Morgan fingerprint density at radius 1 is 1.32 bits per heavy atom. The van der Waals surface area contributed by atoms with Crippen molar-refractivity contribution in [2.45, 2.75) is 24.7 Å². The number of hydrogen-bond acceptors (Lipinski definition) is 2. The SMILES string of the molecule is O=C(O)C1(c2nn(-c3ccccc3)cc2Br)CCC1. The Morgan fingerprint density at radius 2 is 2.00 bits per heavy atom. The Labute approximate surface area is 119 Å². The molecule has 2 aromatic rings. The van der Waals surface area contributed by atoms with Crippen LogP contribution in [0.4, 0.5) is 0 Å². The third-order valence-corrected chi connectivity index (χ3v) is 4.34. The van der Waals surface area contributed by atoms with E-state index in [2.05, 4.69) is 21.0 Å². The van der Waals surface area contributed by atoms with E-state index in [1.165, 1.54) is 0 Å². The summed E-state index contributed by atoms with van der Waals surface area (Å²) in [5, 5.41) is 14.0. The van der Waals surface area contributed by atoms with Crippen molar-refractivity contribution in [2.24, 2.45) is 0 Å². The summed E-state index contributed by atoms with van der Waals surface area (Å²) in [4.78, 5) is 11.5. The van der Waals surface area contributed by atoms with Gasteiger partial charge in [-0.2, -0.15) is 5.10 Å². The number of benzene rings is 1. The Bertz CT molecular complexity index is 618. The van der Waals surface area contributed by atoms with E-state index in [0.717, 1.165) is 16.6 Å². The number of carboxylic acids is 1. The lowest BCUT2D eigenvalue weighted by molar-refractivity contribution is -0.147. The molecule has 1 aliphatic carbocycles. The van der Waals surface area contributed by atoms with Crippen LogP contribution in [0.1, 0.15) is 25.0 Å². The van der Waals surface area contributed by atoms with Crippen LogP contribution in [-0.2, 0) is 10.2 Å². The quantitative estimate of drug-likeness (QED) is 0.945. The van der Waals surface area contributed by atoms with Gasteiger partial charge in [-0.3, -0.25) is 4.79 Å². The van der Waals surface area contributed by atoms with Crippen LogP contribution < -0.4 is 0 Å². The Kier molecular flexibility index (Phi) is 2.93. The van der Waals surface area contributed by atoms with Gasteiger partial charge in [-0.1, -0.05) is 24.6 Å². The van der Waals surface area contributed by atoms with E-state index in [9.17, 15) is 9.90 Å². The highest BCUT2D eigenvalue weighted by molar-refractivity contribution is 9.10. The zero-order valence-corrected chi connectivity index (χ0v) is 11.8. The highest BCUT2D eigenvalue weighted by Gasteiger charge is 2.49. The fraction of sp³-hybridized carbons (Fsp3) is 0.286. The molecule has 98 valence electrons. The number of carbonyl (C=O) groups is 1. The van der Waals surface area contributed by atoms with E-state index < -0.39 is 11.4 Å². The largest absolute Gasteiger partial charge is 0.481 e. The number of halogens is 1. The predicted octanol–water partition coefficient (Wildman–Crippen LogP) is 3.14. The molecule has 5 heteroatoms. The van der Waals surface area contributed by atoms with Gasteiger partial charge in [0, 0.05) is 6.20 Å². The van der Waals surface area contributed by atoms with Gasteiger partial charge in [0.2, 0.25) is 0 Å². The number of para-hydroxylation sites is 1. The van der Waals surface area contributed by atoms with E-state index in [0.29, 0.717) is 18.5 Å². The molecule has 1 heterocycles. The third kappa shape index (κ3) is 1.89. The lowest BCUT2D eigenvalue weighted by atomic mass is 9.67. The minimum atomic E-state index is -0.807. The van der Waals surface area contributed by atoms with Gasteiger partial charge in [-0.05, 0) is 40.9 Å². The molecular formula is C14H13BrN2O2. The molecule has 1 fully saturated rings. The molecule has 1 N–H and O–H groups in total. The average molecular weight is 321 g/mol. The van der Waals surface area contributed by atoms with Gasteiger partial charge in [-0.25, -0.2) is 4.68 Å². The van der Waals surface area contributed by atoms with Crippen LogP contribution in [0.15, 0.2) is 41.0 Å². The minimum absolute atomic E-state index is 0.634. The van der Waals surface area contributed by atoms with Gasteiger partial charge in [0.25, 0.3) is 0 Å². The zero-order chi connectivity index (χ0) is 13.5. The normalized spacial score (nSPS) is 16.9. The summed E-state index contributed by atoms with van der Waals surface area (Å²) in [6, 6.07) is 9.68. The fourth-order valence-electron chi connectivity index (χ4n) is 2.47. The summed E-state index contributed by atoms with van der Waals surface area (Å²) < 4.78 is 2.49. The van der Waals surface area contributed by atoms with E-state index in [1.807, 2.05) is 36.5 Å². The number of hydrogen-bond donors (Lipinski definition) is 1. The van der Waals surface area contributed by atoms with Gasteiger partial charge < -0.3 is 5.11 Å². The molecule has 3 rings (SSSR count). The first kappa shape index (κ1) is 12.4. The smallest absolute Gasteiger partial charge is 0.315 e. The van der Waals surface area contributed by atoms with Crippen LogP contribution in [0.25, 0.3) is 5.69 Å². The number of nitrogens with zero attached hydrogens (tertiary/aromatic N) is 2. The van der Waals surface area contributed by atoms with Gasteiger partial charge in [0.15, 0.2) is 0 Å². The van der Waals surface area contributed by atoms with Crippen LogP contribution >= 0.6 is 15.9 Å². The number of carboxylic acid groups (broad SMARTS) is 1. The first-order valence-electron chi connectivity index (χ1n) is 6.18. The molecule has 1 aliphatic rings. The predicted molar refractivity (Wildman–Crippen MR) is 74.4 cm³/mol. The van der Waals surface area contributed by atoms with Crippen molar-refractivity contribution in [1.29, 1.82) is 0 Å². The van der Waals surface area contributed by atoms with Crippen molar-refractivity contribution in [3.8, 4) is 5.69 Å². The molecule has 4 nitrogen and oxygen atoms in total. The summed E-state index contributed by atoms with van der Waals surface area (Å²) in [6.07, 6.45) is 4.09. The molecule has 0 aliphatic heterocycles. The van der Waals surface area contributed by atoms with Crippen LogP contribution in [0.5, 0.6) is 0 Å². The molecule has 19 heavy (non-hydrogen) atoms. The standard InChI is InChI=1S/C14H13BrN2O2/c15-11-9-17(10-5-2-1-3-6-10)16-12(11)14(13(18)19)7-4-8-14/h1-3,5-6,9H,4,7-8H2,(H,18,19). The van der Waals surface area contributed by atoms with Crippen molar-refractivity contribution in [1.82, 2.24) is 9.78 Å². The Morgan fingerprint density at radius 3 is 2.53 bits per heavy atom. The van der Waals surface area contributed by atoms with Crippen LogP contribution in [0.2, 0.25) is 0 Å². The molecule has 0 radical (unpaired) electrons. The maximum absolute atomic E-state index is 11.5. The summed E-state index contributed by atoms with van der Waals surface area (Å²) >= 11 is 3.45. The molecule has 1 saturated carbocycles. The second kappa shape index (κ2) is 4.49. The lowest BCUT2D eigenvalue weighted by Crippen LogP contribution is -2.43. The van der Waals surface area contributed by atoms with Crippen molar-refractivity contribution in [3.05, 3.63) is 46.7 Å². The average Bonchev–Trinajstić information content (AvgIpc) is 2.71. The van der Waals surface area contributed by atoms with Gasteiger partial charge in [0.05, 0.1) is 15.9 Å². The van der Waals surface area contributed by atoms with Crippen LogP contribution in [-0.4, -0.2) is 20.9 Å². The summed E-state index contributed by atoms with van der Waals surface area (Å²) in [5.74, 6) is -0.780. The number of aromatic nitrogens is 2. The highest BCUT2D eigenvalue weighted by atomic mass is 79.9. The van der Waals surface area contributed by atoms with Gasteiger partial charge in [0.1, 0.15) is 5.41 Å². The molecule has 1 aromatic carbocycles. The maximum atomic E-state index is 11.5. The highest BCUT2D eigenvalue weighted by Crippen LogP contribution is 2.45. The Balaban J connectivity index is 2.05. The van der Waals surface area contributed by atoms with Crippen LogP contribution in [0, 0.1) is 0 Å². The van der Waals surface area contributed by atoms with Crippen molar-refractivity contribution in [2.75, 3.05) is 0 Å².